The van der Waals surface area contributed by atoms with Crippen molar-refractivity contribution in [3.8, 4) is 11.1 Å². The van der Waals surface area contributed by atoms with Gasteiger partial charge < -0.3 is 4.40 Å². The maximum atomic E-state index is 14.3. The van der Waals surface area contributed by atoms with Crippen LogP contribution in [-0.4, -0.2) is 26.8 Å². The molecule has 5 heterocycles. The van der Waals surface area contributed by atoms with Crippen LogP contribution >= 0.6 is 0 Å². The molecule has 0 fully saturated rings. The van der Waals surface area contributed by atoms with Gasteiger partial charge in [0.1, 0.15) is 11.2 Å². The number of para-hydroxylation sites is 3. The predicted octanol–water partition coefficient (Wildman–Crippen LogP) is 5.95. The molecule has 1 aliphatic rings. The molecule has 0 aliphatic carbocycles. The van der Waals surface area contributed by atoms with E-state index in [4.69, 9.17) is 0 Å². The lowest BCUT2D eigenvalue weighted by atomic mass is 9.97. The quantitative estimate of drug-likeness (QED) is 0.297. The lowest BCUT2D eigenvalue weighted by molar-refractivity contribution is 0.591. The molecule has 8 aromatic rings. The molecule has 0 unspecified atom stereocenters. The van der Waals surface area contributed by atoms with Crippen LogP contribution in [0.1, 0.15) is 0 Å². The predicted molar refractivity (Wildman–Crippen MR) is 138 cm³/mol. The maximum absolute atomic E-state index is 14.3. The summed E-state index contributed by atoms with van der Waals surface area (Å²) in [7, 11) is -3.87. The molecule has 9 rings (SSSR count). The molecule has 4 aromatic heterocycles. The first-order valence-electron chi connectivity index (χ1n) is 11.3. The number of hydrogen-bond donors (Lipinski definition) is 0. The van der Waals surface area contributed by atoms with Crippen LogP contribution in [0.25, 0.3) is 71.0 Å². The first-order chi connectivity index (χ1) is 17.2. The van der Waals surface area contributed by atoms with Crippen molar-refractivity contribution >= 4 is 69.9 Å². The number of nitrogens with zero attached hydrogens (tertiary/aromatic N) is 4. The normalized spacial score (nSPS) is 14.7. The number of fused-ring (bicyclic) bond motifs is 5. The number of benzene rings is 4. The minimum absolute atomic E-state index is 0.327. The molecule has 1 aliphatic heterocycles. The Morgan fingerprint density at radius 3 is 2.23 bits per heavy atom. The van der Waals surface area contributed by atoms with Crippen molar-refractivity contribution < 1.29 is 8.42 Å². The Kier molecular flexibility index (Phi) is 2.86. The summed E-state index contributed by atoms with van der Waals surface area (Å²) >= 11 is 0. The van der Waals surface area contributed by atoms with Crippen LogP contribution in [0.4, 0.5) is 0 Å². The molecule has 164 valence electrons. The monoisotopic (exact) mass is 470 g/mol. The van der Waals surface area contributed by atoms with Crippen molar-refractivity contribution in [2.45, 2.75) is 4.90 Å². The van der Waals surface area contributed by atoms with Crippen LogP contribution in [0.5, 0.6) is 0 Å². The summed E-state index contributed by atoms with van der Waals surface area (Å²) in [5, 5.41) is 5.92. The van der Waals surface area contributed by atoms with E-state index in [1.54, 1.807) is 10.0 Å². The molecule has 0 spiro atoms. The van der Waals surface area contributed by atoms with Gasteiger partial charge in [0.05, 0.1) is 27.6 Å². The molecular weight excluding hydrogens is 456 g/mol. The Bertz CT molecular complexity index is 2330. The van der Waals surface area contributed by atoms with E-state index in [9.17, 15) is 8.42 Å². The number of hydrogen-bond acceptors (Lipinski definition) is 4. The first-order valence-corrected chi connectivity index (χ1v) is 12.8. The van der Waals surface area contributed by atoms with Gasteiger partial charge in [-0.15, -0.1) is 0 Å². The van der Waals surface area contributed by atoms with Gasteiger partial charge in [-0.2, -0.15) is 0 Å². The molecule has 35 heavy (non-hydrogen) atoms. The van der Waals surface area contributed by atoms with Gasteiger partial charge in [0.25, 0.3) is 10.0 Å². The summed E-state index contributed by atoms with van der Waals surface area (Å²) < 4.78 is 32.4. The Labute approximate surface area is 198 Å². The van der Waals surface area contributed by atoms with Crippen molar-refractivity contribution in [1.29, 1.82) is 0 Å². The zero-order valence-corrected chi connectivity index (χ0v) is 18.9. The largest absolute Gasteiger partial charge is 0.304 e. The lowest BCUT2D eigenvalue weighted by Crippen LogP contribution is -2.12. The van der Waals surface area contributed by atoms with E-state index in [0.29, 0.717) is 15.9 Å². The molecule has 0 saturated carbocycles. The molecule has 0 saturated heterocycles. The molecule has 0 amide bonds. The highest BCUT2D eigenvalue weighted by atomic mass is 32.2. The van der Waals surface area contributed by atoms with Crippen molar-refractivity contribution in [3.05, 3.63) is 85.5 Å². The molecule has 4 aromatic carbocycles. The van der Waals surface area contributed by atoms with E-state index < -0.39 is 10.0 Å². The van der Waals surface area contributed by atoms with Gasteiger partial charge >= 0.3 is 0 Å². The summed E-state index contributed by atoms with van der Waals surface area (Å²) in [6.07, 6.45) is 5.17. The third-order valence-corrected chi connectivity index (χ3v) is 9.29. The third kappa shape index (κ3) is 1.83. The van der Waals surface area contributed by atoms with Crippen LogP contribution < -0.4 is 0 Å². The molecule has 0 radical (unpaired) electrons. The van der Waals surface area contributed by atoms with Gasteiger partial charge in [0.15, 0.2) is 0 Å². The first kappa shape index (κ1) is 17.9. The highest BCUT2D eigenvalue weighted by Gasteiger charge is 2.34. The van der Waals surface area contributed by atoms with E-state index in [2.05, 4.69) is 38.6 Å². The highest BCUT2D eigenvalue weighted by Crippen LogP contribution is 2.50. The van der Waals surface area contributed by atoms with Crippen molar-refractivity contribution in [1.82, 2.24) is 18.3 Å². The minimum atomic E-state index is -3.87. The average Bonchev–Trinajstić information content (AvgIpc) is 3.51. The molecule has 7 heteroatoms. The van der Waals surface area contributed by atoms with E-state index in [-0.39, 0.29) is 0 Å². The van der Waals surface area contributed by atoms with Crippen LogP contribution in [0.15, 0.2) is 90.3 Å². The van der Waals surface area contributed by atoms with E-state index >= 15 is 0 Å². The van der Waals surface area contributed by atoms with Crippen molar-refractivity contribution in [3.63, 3.8) is 0 Å². The highest BCUT2D eigenvalue weighted by molar-refractivity contribution is 7.90. The molecule has 0 bridgehead atoms. The van der Waals surface area contributed by atoms with Gasteiger partial charge in [-0.1, -0.05) is 48.5 Å². The number of aromatic nitrogens is 4. The Hall–Kier alpha value is -4.49. The second kappa shape index (κ2) is 5.59. The summed E-state index contributed by atoms with van der Waals surface area (Å²) in [5.74, 6) is 0. The second-order valence-electron chi connectivity index (χ2n) is 9.15. The molecule has 0 atom stereocenters. The van der Waals surface area contributed by atoms with E-state index in [1.165, 1.54) is 6.33 Å². The second-order valence-corrected chi connectivity index (χ2v) is 10.9. The minimum Gasteiger partial charge on any atom is -0.304 e. The maximum Gasteiger partial charge on any atom is 0.270 e. The van der Waals surface area contributed by atoms with Crippen LogP contribution in [-0.2, 0) is 10.0 Å². The summed E-state index contributed by atoms with van der Waals surface area (Å²) in [6.45, 7) is 0. The van der Waals surface area contributed by atoms with Gasteiger partial charge in [-0.05, 0) is 23.8 Å². The van der Waals surface area contributed by atoms with Gasteiger partial charge in [-0.25, -0.2) is 22.4 Å². The van der Waals surface area contributed by atoms with Gasteiger partial charge in [-0.3, -0.25) is 0 Å². The smallest absolute Gasteiger partial charge is 0.270 e. The molecule has 0 N–H and O–H groups in total. The summed E-state index contributed by atoms with van der Waals surface area (Å²) in [6, 6.07) is 21.7. The third-order valence-electron chi connectivity index (χ3n) is 7.55. The van der Waals surface area contributed by atoms with Gasteiger partial charge in [0.2, 0.25) is 0 Å². The van der Waals surface area contributed by atoms with Crippen LogP contribution in [0.2, 0.25) is 0 Å². The fraction of sp³-hybridized carbons (Fsp3) is 0. The van der Waals surface area contributed by atoms with E-state index in [0.717, 1.165) is 60.0 Å². The van der Waals surface area contributed by atoms with Crippen LogP contribution in [0, 0.1) is 0 Å². The fourth-order valence-electron chi connectivity index (χ4n) is 6.29. The fourth-order valence-corrected chi connectivity index (χ4v) is 8.03. The topological polar surface area (TPSA) is 69.3 Å². The Morgan fingerprint density at radius 1 is 0.657 bits per heavy atom. The molecular formula is C28H14N4O2S. The lowest BCUT2D eigenvalue weighted by Gasteiger charge is -2.09. The van der Waals surface area contributed by atoms with E-state index in [1.807, 2.05) is 48.8 Å². The average molecular weight is 471 g/mol. The standard InChI is InChI=1S/C28H14N4O2S/c33-35(34)23-10-4-7-18-17-6-3-8-19-24-20(15-12-29-14-30-13-15)11-21-16-5-1-2-9-22(16)32(35)27(21)28(24)31(25(17)19)26(18)23/h1-14H. The number of rotatable bonds is 1. The van der Waals surface area contributed by atoms with Gasteiger partial charge in [0, 0.05) is 50.3 Å². The molecule has 6 nitrogen and oxygen atoms in total. The zero-order valence-electron chi connectivity index (χ0n) is 18.1. The SMILES string of the molecule is O=S1(=O)c2cccc3c4cccc5c6c(-c7cncnc7)cc7c8ccccc8n1c7c6n(c23)c45. The van der Waals surface area contributed by atoms with Crippen molar-refractivity contribution in [2.75, 3.05) is 0 Å². The zero-order chi connectivity index (χ0) is 23.1. The Balaban J connectivity index is 1.76. The summed E-state index contributed by atoms with van der Waals surface area (Å²) in [4.78, 5) is 8.90. The van der Waals surface area contributed by atoms with Crippen LogP contribution in [0.3, 0.4) is 0 Å². The summed E-state index contributed by atoms with van der Waals surface area (Å²) in [5.41, 5.74) is 5.99. The van der Waals surface area contributed by atoms with Crippen molar-refractivity contribution in [2.24, 2.45) is 0 Å². The Morgan fingerprint density at radius 2 is 1.37 bits per heavy atom.